The Morgan fingerprint density at radius 3 is 2.30 bits per heavy atom. The molecule has 0 saturated carbocycles. The molecule has 7 aromatic rings. The van der Waals surface area contributed by atoms with Crippen LogP contribution in [0.2, 0.25) is 19.6 Å². The van der Waals surface area contributed by atoms with E-state index in [4.69, 9.17) is 10.8 Å². The third-order valence-electron chi connectivity index (χ3n) is 7.78. The number of pyridine rings is 2. The van der Waals surface area contributed by atoms with Crippen molar-refractivity contribution in [3.63, 3.8) is 0 Å². The summed E-state index contributed by atoms with van der Waals surface area (Å²) in [6.45, 7) is 10.7. The Bertz CT molecular complexity index is 2140. The predicted molar refractivity (Wildman–Crippen MR) is 187 cm³/mol. The van der Waals surface area contributed by atoms with Crippen LogP contribution in [0.3, 0.4) is 0 Å². The van der Waals surface area contributed by atoms with Gasteiger partial charge in [0, 0.05) is 45.1 Å². The van der Waals surface area contributed by atoms with Crippen molar-refractivity contribution in [1.82, 2.24) is 9.97 Å². The smallest absolute Gasteiger partial charge is 0.121 e. The molecule has 0 bridgehead atoms. The zero-order valence-electron chi connectivity index (χ0n) is 27.5. The average molecular weight is 800 g/mol. The van der Waals surface area contributed by atoms with Crippen LogP contribution >= 0.6 is 0 Å². The number of benzene rings is 4. The second-order valence-corrected chi connectivity index (χ2v) is 17.3. The van der Waals surface area contributed by atoms with Gasteiger partial charge in [0.15, 0.2) is 0 Å². The van der Waals surface area contributed by atoms with Crippen LogP contribution in [-0.2, 0) is 20.1 Å². The largest absolute Gasteiger partial charge is 0.500 e. The Kier molecular flexibility index (Phi) is 9.69. The molecule has 0 aliphatic heterocycles. The van der Waals surface area contributed by atoms with Gasteiger partial charge in [-0.3, -0.25) is 4.39 Å². The van der Waals surface area contributed by atoms with Gasteiger partial charge in [-0.15, -0.1) is 48.0 Å². The van der Waals surface area contributed by atoms with Gasteiger partial charge in [0.2, 0.25) is 0 Å². The van der Waals surface area contributed by atoms with Crippen molar-refractivity contribution in [2.45, 2.75) is 39.4 Å². The molecule has 0 aliphatic rings. The predicted octanol–water partition coefficient (Wildman–Crippen LogP) is 10.5. The molecule has 0 N–H and O–H groups in total. The van der Waals surface area contributed by atoms with Gasteiger partial charge >= 0.3 is 0 Å². The molecule has 233 valence electrons. The van der Waals surface area contributed by atoms with Gasteiger partial charge in [0.1, 0.15) is 5.58 Å². The Morgan fingerprint density at radius 1 is 0.848 bits per heavy atom. The summed E-state index contributed by atoms with van der Waals surface area (Å²) in [7, 11) is -1.46. The Balaban J connectivity index is 0.000000181. The van der Waals surface area contributed by atoms with Gasteiger partial charge in [-0.1, -0.05) is 105 Å². The summed E-state index contributed by atoms with van der Waals surface area (Å²) in [5.74, 6) is -1.11. The van der Waals surface area contributed by atoms with Crippen molar-refractivity contribution in [3.8, 4) is 33.6 Å². The van der Waals surface area contributed by atoms with Crippen LogP contribution in [0.1, 0.15) is 26.7 Å². The molecule has 0 unspecified atom stereocenters. The van der Waals surface area contributed by atoms with Crippen LogP contribution in [0, 0.1) is 17.9 Å². The Morgan fingerprint density at radius 2 is 1.59 bits per heavy atom. The van der Waals surface area contributed by atoms with Gasteiger partial charge in [0.05, 0.1) is 13.7 Å². The zero-order valence-corrected chi connectivity index (χ0v) is 29.9. The van der Waals surface area contributed by atoms with E-state index in [2.05, 4.69) is 85.4 Å². The van der Waals surface area contributed by atoms with E-state index in [-0.39, 0.29) is 25.9 Å². The fourth-order valence-corrected chi connectivity index (χ4v) is 6.89. The summed E-state index contributed by atoms with van der Waals surface area (Å²) >= 11 is 0. The summed E-state index contributed by atoms with van der Waals surface area (Å²) in [5.41, 5.74) is 7.72. The van der Waals surface area contributed by atoms with Gasteiger partial charge in [-0.25, -0.2) is 0 Å². The molecule has 0 amide bonds. The molecule has 4 aromatic carbocycles. The van der Waals surface area contributed by atoms with Gasteiger partial charge in [0.25, 0.3) is 0 Å². The van der Waals surface area contributed by atoms with Gasteiger partial charge in [-0.05, 0) is 51.1 Å². The molecule has 0 fully saturated rings. The molecule has 0 aliphatic carbocycles. The minimum atomic E-state index is -1.46. The normalized spacial score (nSPS) is 11.8. The van der Waals surface area contributed by atoms with E-state index in [0.29, 0.717) is 27.8 Å². The molecule has 46 heavy (non-hydrogen) atoms. The molecule has 7 rings (SSSR count). The molecular formula is C40H35FIrN2OSi-2. The standard InChI is InChI=1S/C20H15FNO.C20H20NSi.Ir/c1-12(2)13-9-10-22-17(11-13)14-7-8-16(21)19-15-5-3-4-6-18(15)23-20(14)19;1-22(2,3)20-15-21-19(17-12-8-5-9-13-17)14-18(20)16-10-6-4-7-11-16;/h3-6,8-12H,1-2H3;4-12,14-15H,1-3H3;/q2*-1;/i12D;;. The second-order valence-electron chi connectivity index (χ2n) is 12.3. The first-order chi connectivity index (χ1) is 22.0. The van der Waals surface area contributed by atoms with Crippen molar-refractivity contribution in [1.29, 1.82) is 0 Å². The fraction of sp³-hybridized carbons (Fsp3) is 0.150. The minimum Gasteiger partial charge on any atom is -0.500 e. The van der Waals surface area contributed by atoms with Crippen LogP contribution in [0.4, 0.5) is 4.39 Å². The number of furan rings is 1. The van der Waals surface area contributed by atoms with E-state index in [0.717, 1.165) is 22.2 Å². The number of rotatable bonds is 5. The number of hydrogen-bond acceptors (Lipinski definition) is 3. The maximum atomic E-state index is 14.4. The molecule has 3 aromatic heterocycles. The van der Waals surface area contributed by atoms with E-state index in [1.54, 1.807) is 6.20 Å². The number of fused-ring (bicyclic) bond motifs is 3. The monoisotopic (exact) mass is 800 g/mol. The topological polar surface area (TPSA) is 38.9 Å². The first kappa shape index (κ1) is 31.7. The number of nitrogens with zero attached hydrogens (tertiary/aromatic N) is 2. The average Bonchev–Trinajstić information content (AvgIpc) is 3.46. The zero-order chi connectivity index (χ0) is 32.5. The van der Waals surface area contributed by atoms with E-state index in [1.165, 1.54) is 22.4 Å². The number of aromatic nitrogens is 2. The first-order valence-corrected chi connectivity index (χ1v) is 18.5. The Labute approximate surface area is 286 Å². The quantitative estimate of drug-likeness (QED) is 0.129. The van der Waals surface area contributed by atoms with Gasteiger partial charge < -0.3 is 14.4 Å². The van der Waals surface area contributed by atoms with Crippen LogP contribution in [0.15, 0.2) is 120 Å². The van der Waals surface area contributed by atoms with E-state index in [1.807, 2.05) is 68.4 Å². The summed E-state index contributed by atoms with van der Waals surface area (Å²) in [6, 6.07) is 39.4. The molecular weight excluding hydrogens is 764 g/mol. The molecule has 3 nitrogen and oxygen atoms in total. The summed E-state index contributed by atoms with van der Waals surface area (Å²) < 4.78 is 28.5. The fourth-order valence-electron chi connectivity index (χ4n) is 5.41. The van der Waals surface area contributed by atoms with E-state index >= 15 is 0 Å². The first-order valence-electron chi connectivity index (χ1n) is 15.5. The van der Waals surface area contributed by atoms with E-state index < -0.39 is 14.0 Å². The van der Waals surface area contributed by atoms with E-state index in [9.17, 15) is 4.39 Å². The van der Waals surface area contributed by atoms with Crippen LogP contribution in [0.5, 0.6) is 0 Å². The molecule has 1 radical (unpaired) electrons. The van der Waals surface area contributed by atoms with Gasteiger partial charge in [-0.2, -0.15) is 0 Å². The minimum absolute atomic E-state index is 0. The van der Waals surface area contributed by atoms with Crippen molar-refractivity contribution in [3.05, 3.63) is 139 Å². The summed E-state index contributed by atoms with van der Waals surface area (Å²) in [6.07, 6.45) is 3.73. The summed E-state index contributed by atoms with van der Waals surface area (Å²) in [4.78, 5) is 9.08. The van der Waals surface area contributed by atoms with Crippen LogP contribution in [0.25, 0.3) is 55.6 Å². The van der Waals surface area contributed by atoms with Crippen molar-refractivity contribution >= 4 is 35.2 Å². The number of para-hydroxylation sites is 1. The SMILES string of the molecule is C[Si](C)(C)c1cnc(-c2[c-]cccc2)cc1-c1ccccc1.[2H]C(C)(C)c1ccnc(-c2[c-]cc(F)c3c2oc2ccccc23)c1.[Ir]. The number of halogens is 1. The summed E-state index contributed by atoms with van der Waals surface area (Å²) in [5, 5.41) is 2.58. The molecule has 0 atom stereocenters. The molecule has 0 saturated heterocycles. The third kappa shape index (κ3) is 6.95. The number of hydrogen-bond donors (Lipinski definition) is 0. The van der Waals surface area contributed by atoms with Crippen LogP contribution < -0.4 is 5.19 Å². The van der Waals surface area contributed by atoms with Crippen molar-refractivity contribution < 1.29 is 30.3 Å². The van der Waals surface area contributed by atoms with Crippen molar-refractivity contribution in [2.75, 3.05) is 0 Å². The van der Waals surface area contributed by atoms with Crippen LogP contribution in [-0.4, -0.2) is 18.0 Å². The maximum absolute atomic E-state index is 14.4. The second kappa shape index (κ2) is 14.0. The molecule has 3 heterocycles. The van der Waals surface area contributed by atoms with Crippen molar-refractivity contribution in [2.24, 2.45) is 0 Å². The maximum Gasteiger partial charge on any atom is 0.121 e. The Hall–Kier alpha value is -4.22. The third-order valence-corrected chi connectivity index (χ3v) is 9.79. The molecule has 6 heteroatoms. The molecule has 0 spiro atoms.